The zero-order valence-corrected chi connectivity index (χ0v) is 17.7. The number of nitrogens with zero attached hydrogens (tertiary/aromatic N) is 2. The highest BCUT2D eigenvalue weighted by Crippen LogP contribution is 2.31. The molecule has 4 rings (SSSR count). The molecular weight excluding hydrogens is 449 g/mol. The maximum Gasteiger partial charge on any atom is 0.264 e. The highest BCUT2D eigenvalue weighted by Gasteiger charge is 2.31. The molecule has 3 aromatic rings. The second kappa shape index (κ2) is 8.45. The number of amides is 1. The van der Waals surface area contributed by atoms with Gasteiger partial charge in [-0.15, -0.1) is 11.3 Å². The van der Waals surface area contributed by atoms with Gasteiger partial charge in [-0.3, -0.25) is 4.79 Å². The van der Waals surface area contributed by atoms with Crippen molar-refractivity contribution in [3.05, 3.63) is 76.9 Å². The van der Waals surface area contributed by atoms with Gasteiger partial charge in [0.15, 0.2) is 11.6 Å². The first kappa shape index (κ1) is 21.5. The lowest BCUT2D eigenvalue weighted by molar-refractivity contribution is 0.0703. The fraction of sp³-hybridized carbons (Fsp3) is 0.190. The van der Waals surface area contributed by atoms with Gasteiger partial charge in [0.1, 0.15) is 5.82 Å². The molecule has 0 spiro atoms. The SMILES string of the molecule is O=C(c1ccc(-c2ccccc2F)s1)N1CCN(S(=O)(=O)c2ccc(F)c(F)c2)CC1. The van der Waals surface area contributed by atoms with E-state index in [0.29, 0.717) is 21.4 Å². The van der Waals surface area contributed by atoms with Crippen molar-refractivity contribution in [2.24, 2.45) is 0 Å². The Labute approximate surface area is 181 Å². The van der Waals surface area contributed by atoms with E-state index in [1.807, 2.05) is 0 Å². The lowest BCUT2D eigenvalue weighted by Gasteiger charge is -2.33. The molecule has 1 aliphatic rings. The molecule has 2 heterocycles. The monoisotopic (exact) mass is 466 g/mol. The van der Waals surface area contributed by atoms with Crippen molar-refractivity contribution in [3.8, 4) is 10.4 Å². The molecule has 0 saturated carbocycles. The van der Waals surface area contributed by atoms with Crippen LogP contribution >= 0.6 is 11.3 Å². The standard InChI is InChI=1S/C21H17F3N2O3S2/c22-16-4-2-1-3-15(16)19-7-8-20(30-19)21(27)25-9-11-26(12-10-25)31(28,29)14-5-6-17(23)18(24)13-14/h1-8,13H,9-12H2. The van der Waals surface area contributed by atoms with Gasteiger partial charge in [0.25, 0.3) is 5.91 Å². The van der Waals surface area contributed by atoms with E-state index in [1.165, 1.54) is 22.3 Å². The average Bonchev–Trinajstić information content (AvgIpc) is 3.25. The normalized spacial score (nSPS) is 15.3. The van der Waals surface area contributed by atoms with Crippen molar-refractivity contribution in [1.82, 2.24) is 9.21 Å². The van der Waals surface area contributed by atoms with Gasteiger partial charge in [-0.05, 0) is 36.4 Å². The number of halogens is 3. The minimum atomic E-state index is -4.00. The smallest absolute Gasteiger partial charge is 0.264 e. The third-order valence-corrected chi connectivity index (χ3v) is 8.01. The predicted octanol–water partition coefficient (Wildman–Crippen LogP) is 3.98. The summed E-state index contributed by atoms with van der Waals surface area (Å²) in [5.74, 6) is -3.00. The molecule has 0 atom stereocenters. The van der Waals surface area contributed by atoms with E-state index < -0.39 is 21.7 Å². The van der Waals surface area contributed by atoms with E-state index in [2.05, 4.69) is 0 Å². The largest absolute Gasteiger partial charge is 0.335 e. The number of carbonyl (C=O) groups excluding carboxylic acids is 1. The summed E-state index contributed by atoms with van der Waals surface area (Å²) in [7, 11) is -4.00. The Hall–Kier alpha value is -2.69. The first-order valence-electron chi connectivity index (χ1n) is 9.36. The van der Waals surface area contributed by atoms with Crippen LogP contribution < -0.4 is 0 Å². The number of benzene rings is 2. The van der Waals surface area contributed by atoms with E-state index in [9.17, 15) is 26.4 Å². The van der Waals surface area contributed by atoms with Crippen LogP contribution in [0.2, 0.25) is 0 Å². The predicted molar refractivity (Wildman–Crippen MR) is 111 cm³/mol. The van der Waals surface area contributed by atoms with Crippen LogP contribution in [0.25, 0.3) is 10.4 Å². The zero-order chi connectivity index (χ0) is 22.2. The first-order valence-corrected chi connectivity index (χ1v) is 11.6. The van der Waals surface area contributed by atoms with Crippen molar-refractivity contribution in [1.29, 1.82) is 0 Å². The molecule has 1 saturated heterocycles. The third kappa shape index (κ3) is 4.23. The van der Waals surface area contributed by atoms with Crippen LogP contribution in [-0.2, 0) is 10.0 Å². The number of piperazine rings is 1. The van der Waals surface area contributed by atoms with Gasteiger partial charge < -0.3 is 4.90 Å². The molecule has 31 heavy (non-hydrogen) atoms. The van der Waals surface area contributed by atoms with Gasteiger partial charge >= 0.3 is 0 Å². The third-order valence-electron chi connectivity index (χ3n) is 5.01. The number of hydrogen-bond donors (Lipinski definition) is 0. The Bertz CT molecular complexity index is 1240. The summed E-state index contributed by atoms with van der Waals surface area (Å²) in [4.78, 5) is 15.1. The molecule has 5 nitrogen and oxygen atoms in total. The molecule has 1 fully saturated rings. The van der Waals surface area contributed by atoms with Gasteiger partial charge in [-0.2, -0.15) is 4.31 Å². The summed E-state index contributed by atoms with van der Waals surface area (Å²) in [6.07, 6.45) is 0. The molecule has 1 aromatic heterocycles. The van der Waals surface area contributed by atoms with Gasteiger partial charge in [-0.1, -0.05) is 18.2 Å². The van der Waals surface area contributed by atoms with Gasteiger partial charge in [-0.25, -0.2) is 21.6 Å². The molecule has 0 radical (unpaired) electrons. The maximum absolute atomic E-state index is 14.0. The fourth-order valence-electron chi connectivity index (χ4n) is 3.33. The topological polar surface area (TPSA) is 57.7 Å². The molecular formula is C21H17F3N2O3S2. The zero-order valence-electron chi connectivity index (χ0n) is 16.1. The Balaban J connectivity index is 1.45. The molecule has 1 amide bonds. The molecule has 0 bridgehead atoms. The number of carbonyl (C=O) groups is 1. The van der Waals surface area contributed by atoms with E-state index in [0.717, 1.165) is 16.4 Å². The van der Waals surface area contributed by atoms with Crippen LogP contribution in [0.15, 0.2) is 59.5 Å². The summed E-state index contributed by atoms with van der Waals surface area (Å²) >= 11 is 1.17. The minimum absolute atomic E-state index is 0.0264. The number of thiophene rings is 1. The molecule has 162 valence electrons. The van der Waals surface area contributed by atoms with E-state index in [4.69, 9.17) is 0 Å². The lowest BCUT2D eigenvalue weighted by Crippen LogP contribution is -2.50. The van der Waals surface area contributed by atoms with E-state index in [-0.39, 0.29) is 42.8 Å². The second-order valence-corrected chi connectivity index (χ2v) is 9.94. The van der Waals surface area contributed by atoms with E-state index in [1.54, 1.807) is 30.3 Å². The van der Waals surface area contributed by atoms with Crippen LogP contribution in [0.4, 0.5) is 13.2 Å². The number of sulfonamides is 1. The van der Waals surface area contributed by atoms with Crippen molar-refractivity contribution in [2.45, 2.75) is 4.90 Å². The lowest BCUT2D eigenvalue weighted by atomic mass is 10.2. The minimum Gasteiger partial charge on any atom is -0.335 e. The molecule has 0 aliphatic carbocycles. The summed E-state index contributed by atoms with van der Waals surface area (Å²) in [5.41, 5.74) is 0.411. The van der Waals surface area contributed by atoms with Crippen LogP contribution in [0.5, 0.6) is 0 Å². The van der Waals surface area contributed by atoms with Crippen LogP contribution in [-0.4, -0.2) is 49.7 Å². The molecule has 0 unspecified atom stereocenters. The molecule has 2 aromatic carbocycles. The van der Waals surface area contributed by atoms with Crippen LogP contribution in [0.3, 0.4) is 0 Å². The Morgan fingerprint density at radius 2 is 1.55 bits per heavy atom. The Morgan fingerprint density at radius 3 is 2.23 bits per heavy atom. The summed E-state index contributed by atoms with van der Waals surface area (Å²) in [6, 6.07) is 12.0. The van der Waals surface area contributed by atoms with Crippen molar-refractivity contribution in [2.75, 3.05) is 26.2 Å². The van der Waals surface area contributed by atoms with Crippen molar-refractivity contribution in [3.63, 3.8) is 0 Å². The van der Waals surface area contributed by atoms with Gasteiger partial charge in [0.05, 0.1) is 9.77 Å². The van der Waals surface area contributed by atoms with Gasteiger partial charge in [0.2, 0.25) is 10.0 Å². The molecule has 0 N–H and O–H groups in total. The highest BCUT2D eigenvalue weighted by atomic mass is 32.2. The summed E-state index contributed by atoms with van der Waals surface area (Å²) in [6.45, 7) is 0.348. The van der Waals surface area contributed by atoms with Crippen LogP contribution in [0, 0.1) is 17.5 Å². The number of hydrogen-bond acceptors (Lipinski definition) is 4. The summed E-state index contributed by atoms with van der Waals surface area (Å²) in [5, 5.41) is 0. The molecule has 1 aliphatic heterocycles. The van der Waals surface area contributed by atoms with Crippen LogP contribution in [0.1, 0.15) is 9.67 Å². The maximum atomic E-state index is 14.0. The second-order valence-electron chi connectivity index (χ2n) is 6.92. The van der Waals surface area contributed by atoms with E-state index >= 15 is 0 Å². The fourth-order valence-corrected chi connectivity index (χ4v) is 5.77. The highest BCUT2D eigenvalue weighted by molar-refractivity contribution is 7.89. The van der Waals surface area contributed by atoms with Gasteiger partial charge in [0, 0.05) is 36.6 Å². The quantitative estimate of drug-likeness (QED) is 0.585. The number of rotatable bonds is 4. The van der Waals surface area contributed by atoms with Crippen molar-refractivity contribution < 1.29 is 26.4 Å². The summed E-state index contributed by atoms with van der Waals surface area (Å²) < 4.78 is 67.1. The Morgan fingerprint density at radius 1 is 0.839 bits per heavy atom. The van der Waals surface area contributed by atoms with Crippen molar-refractivity contribution >= 4 is 27.3 Å². The Kier molecular flexibility index (Phi) is 5.87. The molecule has 10 heteroatoms. The average molecular weight is 467 g/mol. The first-order chi connectivity index (χ1) is 14.8.